The molecule has 0 unspecified atom stereocenters. The Morgan fingerprint density at radius 3 is 1.78 bits per heavy atom. The van der Waals surface area contributed by atoms with Crippen LogP contribution >= 0.6 is 0 Å². The van der Waals surface area contributed by atoms with Crippen molar-refractivity contribution in [3.05, 3.63) is 23.8 Å². The van der Waals surface area contributed by atoms with Gasteiger partial charge in [0.2, 0.25) is 5.91 Å². The molecule has 0 heterocycles. The summed E-state index contributed by atoms with van der Waals surface area (Å²) in [6, 6.07) is 0. The lowest BCUT2D eigenvalue weighted by Gasteiger charge is -2.11. The van der Waals surface area contributed by atoms with E-state index in [9.17, 15) is 9.59 Å². The summed E-state index contributed by atoms with van der Waals surface area (Å²) in [5.41, 5.74) is 6.70. The van der Waals surface area contributed by atoms with Crippen LogP contribution in [0.25, 0.3) is 0 Å². The predicted molar refractivity (Wildman–Crippen MR) is 97.0 cm³/mol. The fourth-order valence-electron chi connectivity index (χ4n) is 1.84. The van der Waals surface area contributed by atoms with Crippen molar-refractivity contribution in [3.8, 4) is 0 Å². The van der Waals surface area contributed by atoms with Crippen molar-refractivity contribution in [3.63, 3.8) is 0 Å². The highest BCUT2D eigenvalue weighted by molar-refractivity contribution is 5.88. The lowest BCUT2D eigenvalue weighted by molar-refractivity contribution is -0.139. The fraction of sp³-hybridized carbons (Fsp3) is 0.684. The molecule has 0 saturated heterocycles. The number of unbranched alkanes of at least 4 members (excludes halogenated alkanes) is 3. The third-order valence-corrected chi connectivity index (χ3v) is 3.43. The second-order valence-electron chi connectivity index (χ2n) is 5.53. The second-order valence-corrected chi connectivity index (χ2v) is 5.53. The molecule has 0 rings (SSSR count). The van der Waals surface area contributed by atoms with E-state index in [-0.39, 0.29) is 5.97 Å². The van der Waals surface area contributed by atoms with Gasteiger partial charge in [0.05, 0.1) is 6.61 Å². The van der Waals surface area contributed by atoms with Crippen molar-refractivity contribution in [2.45, 2.75) is 79.1 Å². The monoisotopic (exact) mass is 325 g/mol. The van der Waals surface area contributed by atoms with E-state index >= 15 is 0 Å². The number of rotatable bonds is 11. The molecular formula is C19H35NO3. The van der Waals surface area contributed by atoms with Gasteiger partial charge in [0.15, 0.2) is 0 Å². The molecule has 0 atom stereocenters. The molecule has 0 aliphatic carbocycles. The summed E-state index contributed by atoms with van der Waals surface area (Å²) in [5.74, 6) is -0.587. The molecule has 0 spiro atoms. The van der Waals surface area contributed by atoms with Gasteiger partial charge in [-0.15, -0.1) is 0 Å². The van der Waals surface area contributed by atoms with E-state index in [1.165, 1.54) is 31.3 Å². The standard InChI is InChI=1S/C16H30O2.C3H5NO/c1-5-8-11-15(12-9-6-2)14(4)16(17)18-13-10-7-3;1-2-3(4)5/h5-13H2,1-4H3;2H,1H2,(H2,4,5). The van der Waals surface area contributed by atoms with Gasteiger partial charge in [0.25, 0.3) is 0 Å². The summed E-state index contributed by atoms with van der Waals surface area (Å²) < 4.78 is 5.29. The molecule has 0 aliphatic rings. The van der Waals surface area contributed by atoms with E-state index in [0.29, 0.717) is 6.61 Å². The number of esters is 1. The first-order valence-electron chi connectivity index (χ1n) is 8.72. The number of primary amides is 1. The highest BCUT2D eigenvalue weighted by Gasteiger charge is 2.11. The van der Waals surface area contributed by atoms with Crippen LogP contribution in [-0.4, -0.2) is 18.5 Å². The average molecular weight is 325 g/mol. The van der Waals surface area contributed by atoms with Gasteiger partial charge in [-0.05, 0) is 45.1 Å². The molecule has 23 heavy (non-hydrogen) atoms. The molecule has 4 nitrogen and oxygen atoms in total. The maximum atomic E-state index is 11.9. The van der Waals surface area contributed by atoms with Gasteiger partial charge in [-0.25, -0.2) is 4.79 Å². The van der Waals surface area contributed by atoms with Gasteiger partial charge in [-0.2, -0.15) is 0 Å². The van der Waals surface area contributed by atoms with Crippen LogP contribution < -0.4 is 5.73 Å². The molecule has 0 aromatic carbocycles. The van der Waals surface area contributed by atoms with Crippen LogP contribution in [0.5, 0.6) is 0 Å². The van der Waals surface area contributed by atoms with Gasteiger partial charge in [-0.3, -0.25) is 4.79 Å². The zero-order valence-corrected chi connectivity index (χ0v) is 15.5. The summed E-state index contributed by atoms with van der Waals surface area (Å²) in [4.78, 5) is 21.4. The Labute approximate surface area is 142 Å². The van der Waals surface area contributed by atoms with Crippen LogP contribution in [0.3, 0.4) is 0 Å². The van der Waals surface area contributed by atoms with E-state index in [4.69, 9.17) is 4.74 Å². The maximum absolute atomic E-state index is 11.9. The van der Waals surface area contributed by atoms with Crippen molar-refractivity contribution in [2.24, 2.45) is 5.73 Å². The summed E-state index contributed by atoms with van der Waals surface area (Å²) in [5, 5.41) is 0. The van der Waals surface area contributed by atoms with Crippen LogP contribution in [0, 0.1) is 0 Å². The number of hydrogen-bond acceptors (Lipinski definition) is 3. The average Bonchev–Trinajstić information content (AvgIpc) is 2.55. The lowest BCUT2D eigenvalue weighted by atomic mass is 9.98. The first kappa shape index (κ1) is 23.7. The second kappa shape index (κ2) is 16.8. The largest absolute Gasteiger partial charge is 0.462 e. The first-order chi connectivity index (χ1) is 10.9. The van der Waals surface area contributed by atoms with Crippen molar-refractivity contribution in [1.82, 2.24) is 0 Å². The number of nitrogens with two attached hydrogens (primary N) is 1. The van der Waals surface area contributed by atoms with Crippen LogP contribution in [0.2, 0.25) is 0 Å². The Balaban J connectivity index is 0. The highest BCUT2D eigenvalue weighted by Crippen LogP contribution is 2.20. The van der Waals surface area contributed by atoms with Crippen LogP contribution in [0.15, 0.2) is 23.8 Å². The fourth-order valence-corrected chi connectivity index (χ4v) is 1.84. The minimum Gasteiger partial charge on any atom is -0.462 e. The Hall–Kier alpha value is -1.58. The lowest BCUT2D eigenvalue weighted by Crippen LogP contribution is -2.09. The first-order valence-corrected chi connectivity index (χ1v) is 8.72. The Morgan fingerprint density at radius 1 is 1.00 bits per heavy atom. The maximum Gasteiger partial charge on any atom is 0.333 e. The molecule has 2 N–H and O–H groups in total. The van der Waals surface area contributed by atoms with Crippen LogP contribution in [-0.2, 0) is 14.3 Å². The third kappa shape index (κ3) is 15.1. The third-order valence-electron chi connectivity index (χ3n) is 3.43. The summed E-state index contributed by atoms with van der Waals surface area (Å²) in [7, 11) is 0. The Morgan fingerprint density at radius 2 is 1.43 bits per heavy atom. The number of carbonyl (C=O) groups is 2. The quantitative estimate of drug-likeness (QED) is 0.340. The van der Waals surface area contributed by atoms with E-state index in [1.807, 2.05) is 6.92 Å². The molecule has 0 aliphatic heterocycles. The van der Waals surface area contributed by atoms with E-state index < -0.39 is 5.91 Å². The van der Waals surface area contributed by atoms with Gasteiger partial charge in [0.1, 0.15) is 0 Å². The zero-order valence-electron chi connectivity index (χ0n) is 15.5. The molecule has 134 valence electrons. The number of amides is 1. The summed E-state index contributed by atoms with van der Waals surface area (Å²) >= 11 is 0. The molecule has 0 saturated carbocycles. The zero-order chi connectivity index (χ0) is 18.1. The van der Waals surface area contributed by atoms with Gasteiger partial charge >= 0.3 is 5.97 Å². The molecule has 0 fully saturated rings. The summed E-state index contributed by atoms with van der Waals surface area (Å²) in [6.07, 6.45) is 9.85. The van der Waals surface area contributed by atoms with Crippen molar-refractivity contribution in [2.75, 3.05) is 6.61 Å². The molecule has 0 radical (unpaired) electrons. The van der Waals surface area contributed by atoms with Gasteiger partial charge in [0, 0.05) is 5.57 Å². The van der Waals surface area contributed by atoms with Crippen molar-refractivity contribution >= 4 is 11.9 Å². The molecule has 4 heteroatoms. The molecule has 0 aromatic rings. The number of carbonyl (C=O) groups excluding carboxylic acids is 2. The molecule has 1 amide bonds. The number of ether oxygens (including phenoxy) is 1. The van der Waals surface area contributed by atoms with Crippen molar-refractivity contribution in [1.29, 1.82) is 0 Å². The summed E-state index contributed by atoms with van der Waals surface area (Å²) in [6.45, 7) is 12.0. The van der Waals surface area contributed by atoms with Gasteiger partial charge in [-0.1, -0.05) is 52.2 Å². The topological polar surface area (TPSA) is 69.4 Å². The van der Waals surface area contributed by atoms with Crippen molar-refractivity contribution < 1.29 is 14.3 Å². The Bertz CT molecular complexity index is 363. The normalized spacial score (nSPS) is 9.39. The molecular weight excluding hydrogens is 290 g/mol. The minimum atomic E-state index is -0.481. The van der Waals surface area contributed by atoms with E-state index in [2.05, 4.69) is 33.1 Å². The number of hydrogen-bond donors (Lipinski definition) is 1. The van der Waals surface area contributed by atoms with Crippen LogP contribution in [0.4, 0.5) is 0 Å². The SMILES string of the molecule is C=CC(N)=O.CCCCOC(=O)C(C)=C(CCCC)CCCC. The predicted octanol–water partition coefficient (Wildman–Crippen LogP) is 4.68. The Kier molecular flexibility index (Phi) is 17.3. The highest BCUT2D eigenvalue weighted by atomic mass is 16.5. The molecule has 0 aromatic heterocycles. The minimum absolute atomic E-state index is 0.106. The van der Waals surface area contributed by atoms with E-state index in [1.54, 1.807) is 0 Å². The smallest absolute Gasteiger partial charge is 0.333 e. The number of allylic oxidation sites excluding steroid dienone is 1. The van der Waals surface area contributed by atoms with E-state index in [0.717, 1.165) is 37.3 Å². The molecule has 0 bridgehead atoms. The van der Waals surface area contributed by atoms with Crippen LogP contribution in [0.1, 0.15) is 79.1 Å². The van der Waals surface area contributed by atoms with Gasteiger partial charge < -0.3 is 10.5 Å².